The predicted molar refractivity (Wildman–Crippen MR) is 180 cm³/mol. The molecule has 0 unspecified atom stereocenters. The third kappa shape index (κ3) is 5.00. The zero-order valence-electron chi connectivity index (χ0n) is 25.0. The van der Waals surface area contributed by atoms with Crippen molar-refractivity contribution < 1.29 is 14.6 Å². The third-order valence-corrected chi connectivity index (χ3v) is 14.9. The van der Waals surface area contributed by atoms with Gasteiger partial charge < -0.3 is 20.0 Å². The molecule has 224 valence electrons. The molecule has 6 nitrogen and oxygen atoms in total. The van der Waals surface area contributed by atoms with E-state index in [4.69, 9.17) is 4.74 Å². The standard InChI is InChI=1S/C36H37N3O3SSi/c1-36(2,44(41,26-12-5-3-6-13-26)27-14-7-4-8-15-27)20-25-19-31(42-32(25)21-40)29-22-43-34-33(29)37-23-38-35(34)39-30-18-17-24-11-9-10-16-28(24)30/h3-16,19,22-23,30-32,40-41H,17-18,20-21H2,1-2H3,(H,37,38,39)/t30-,31+,32+/m0/s1. The first-order chi connectivity index (χ1) is 21.4. The highest BCUT2D eigenvalue weighted by atomic mass is 32.1. The molecular weight excluding hydrogens is 583 g/mol. The number of thiophene rings is 1. The van der Waals surface area contributed by atoms with Gasteiger partial charge in [0.05, 0.1) is 22.9 Å². The van der Waals surface area contributed by atoms with Gasteiger partial charge in [-0.05, 0) is 62.8 Å². The summed E-state index contributed by atoms with van der Waals surface area (Å²) in [6, 6.07) is 28.9. The van der Waals surface area contributed by atoms with E-state index in [1.807, 2.05) is 60.7 Å². The second kappa shape index (κ2) is 11.7. The van der Waals surface area contributed by atoms with Crippen LogP contribution in [0.1, 0.15) is 55.5 Å². The molecule has 8 heteroatoms. The number of aliphatic hydroxyl groups is 1. The van der Waals surface area contributed by atoms with Crippen LogP contribution < -0.4 is 15.7 Å². The van der Waals surface area contributed by atoms with Gasteiger partial charge in [-0.25, -0.2) is 9.97 Å². The Hall–Kier alpha value is -3.66. The quantitative estimate of drug-likeness (QED) is 0.137. The molecule has 1 aliphatic carbocycles. The average Bonchev–Trinajstić information content (AvgIpc) is 3.78. The highest BCUT2D eigenvalue weighted by Crippen LogP contribution is 2.47. The van der Waals surface area contributed by atoms with E-state index >= 15 is 0 Å². The van der Waals surface area contributed by atoms with Gasteiger partial charge in [-0.15, -0.1) is 11.3 Å². The molecule has 0 radical (unpaired) electrons. The molecule has 0 bridgehead atoms. The van der Waals surface area contributed by atoms with Crippen LogP contribution in [-0.2, 0) is 11.2 Å². The summed E-state index contributed by atoms with van der Waals surface area (Å²) in [7, 11) is -3.23. The molecular formula is C36H37N3O3SSi. The smallest absolute Gasteiger partial charge is 0.258 e. The van der Waals surface area contributed by atoms with E-state index in [9.17, 15) is 9.90 Å². The summed E-state index contributed by atoms with van der Waals surface area (Å²) in [6.07, 6.45) is 5.66. The Bertz CT molecular complexity index is 1770. The molecule has 2 aliphatic rings. The number of anilines is 1. The number of nitrogens with one attached hydrogen (secondary N) is 1. The van der Waals surface area contributed by atoms with Crippen LogP contribution in [0.5, 0.6) is 0 Å². The summed E-state index contributed by atoms with van der Waals surface area (Å²) in [5.74, 6) is 0.844. The van der Waals surface area contributed by atoms with E-state index in [0.717, 1.165) is 50.4 Å². The molecule has 5 aromatic rings. The first kappa shape index (κ1) is 29.1. The molecule has 7 rings (SSSR count). The minimum Gasteiger partial charge on any atom is -0.424 e. The minimum absolute atomic E-state index is 0.125. The number of aryl methyl sites for hydroxylation is 1. The van der Waals surface area contributed by atoms with Crippen molar-refractivity contribution in [2.45, 2.75) is 56.4 Å². The Morgan fingerprint density at radius 1 is 0.932 bits per heavy atom. The largest absolute Gasteiger partial charge is 0.424 e. The summed E-state index contributed by atoms with van der Waals surface area (Å²) in [6.45, 7) is 4.17. The molecule has 2 aromatic heterocycles. The van der Waals surface area contributed by atoms with Gasteiger partial charge >= 0.3 is 0 Å². The molecule has 0 saturated heterocycles. The Labute approximate surface area is 263 Å². The number of aliphatic hydroxyl groups excluding tert-OH is 1. The van der Waals surface area contributed by atoms with Crippen molar-refractivity contribution in [1.29, 1.82) is 0 Å². The summed E-state index contributed by atoms with van der Waals surface area (Å²) < 4.78 is 7.49. The van der Waals surface area contributed by atoms with Crippen molar-refractivity contribution in [3.63, 3.8) is 0 Å². The van der Waals surface area contributed by atoms with Crippen molar-refractivity contribution in [1.82, 2.24) is 9.97 Å². The van der Waals surface area contributed by atoms with Gasteiger partial charge in [-0.3, -0.25) is 0 Å². The average molecular weight is 620 g/mol. The first-order valence-corrected chi connectivity index (χ1v) is 18.1. The van der Waals surface area contributed by atoms with E-state index in [1.54, 1.807) is 17.7 Å². The highest BCUT2D eigenvalue weighted by molar-refractivity contribution is 7.18. The first-order valence-electron chi connectivity index (χ1n) is 15.3. The summed E-state index contributed by atoms with van der Waals surface area (Å²) in [5.41, 5.74) is 5.59. The van der Waals surface area contributed by atoms with Crippen molar-refractivity contribution in [3.05, 3.63) is 125 Å². The van der Waals surface area contributed by atoms with Crippen molar-refractivity contribution in [2.24, 2.45) is 0 Å². The van der Waals surface area contributed by atoms with Gasteiger partial charge in [0.15, 0.2) is 0 Å². The monoisotopic (exact) mass is 619 g/mol. The number of fused-ring (bicyclic) bond motifs is 2. The Balaban J connectivity index is 1.20. The minimum atomic E-state index is -3.23. The third-order valence-electron chi connectivity index (χ3n) is 9.40. The maximum Gasteiger partial charge on any atom is 0.258 e. The van der Waals surface area contributed by atoms with Gasteiger partial charge in [-0.1, -0.05) is 98.8 Å². The van der Waals surface area contributed by atoms with Crippen LogP contribution in [0, 0.1) is 0 Å². The summed E-state index contributed by atoms with van der Waals surface area (Å²) in [4.78, 5) is 22.0. The number of ether oxygens (including phenoxy) is 1. The Morgan fingerprint density at radius 2 is 1.61 bits per heavy atom. The summed E-state index contributed by atoms with van der Waals surface area (Å²) in [5, 5.41) is 17.7. The van der Waals surface area contributed by atoms with Crippen LogP contribution in [0.2, 0.25) is 5.04 Å². The highest BCUT2D eigenvalue weighted by Gasteiger charge is 2.51. The number of nitrogens with zero attached hydrogens (tertiary/aromatic N) is 2. The van der Waals surface area contributed by atoms with E-state index in [0.29, 0.717) is 6.42 Å². The maximum atomic E-state index is 12.7. The van der Waals surface area contributed by atoms with Gasteiger partial charge in [0.2, 0.25) is 0 Å². The zero-order chi connectivity index (χ0) is 30.3. The molecule has 0 fully saturated rings. The normalized spacial score (nSPS) is 20.1. The topological polar surface area (TPSA) is 87.5 Å². The van der Waals surface area contributed by atoms with Crippen LogP contribution in [0.25, 0.3) is 10.2 Å². The van der Waals surface area contributed by atoms with E-state index < -0.39 is 19.5 Å². The van der Waals surface area contributed by atoms with Gasteiger partial charge in [0.1, 0.15) is 24.4 Å². The number of aromatic nitrogens is 2. The molecule has 0 spiro atoms. The van der Waals surface area contributed by atoms with E-state index in [2.05, 4.69) is 64.9 Å². The second-order valence-corrected chi connectivity index (χ2v) is 17.3. The van der Waals surface area contributed by atoms with E-state index in [-0.39, 0.29) is 18.8 Å². The molecule has 0 amide bonds. The molecule has 3 heterocycles. The predicted octanol–water partition coefficient (Wildman–Crippen LogP) is 6.07. The van der Waals surface area contributed by atoms with Crippen molar-refractivity contribution in [2.75, 3.05) is 11.9 Å². The van der Waals surface area contributed by atoms with Crippen molar-refractivity contribution in [3.8, 4) is 0 Å². The van der Waals surface area contributed by atoms with Crippen molar-refractivity contribution >= 4 is 46.1 Å². The molecule has 44 heavy (non-hydrogen) atoms. The van der Waals surface area contributed by atoms with Gasteiger partial charge in [0.25, 0.3) is 8.32 Å². The van der Waals surface area contributed by atoms with E-state index in [1.165, 1.54) is 11.1 Å². The van der Waals surface area contributed by atoms with Crippen LogP contribution in [0.3, 0.4) is 0 Å². The molecule has 0 saturated carbocycles. The molecule has 3 aromatic carbocycles. The summed E-state index contributed by atoms with van der Waals surface area (Å²) >= 11 is 1.62. The lowest BCUT2D eigenvalue weighted by Gasteiger charge is -2.42. The fourth-order valence-electron chi connectivity index (χ4n) is 7.09. The number of hydrogen-bond donors (Lipinski definition) is 3. The van der Waals surface area contributed by atoms with Crippen LogP contribution in [-0.4, -0.2) is 40.9 Å². The van der Waals surface area contributed by atoms with Gasteiger partial charge in [-0.2, -0.15) is 0 Å². The lowest BCUT2D eigenvalue weighted by atomic mass is 9.97. The fraction of sp³-hybridized carbons (Fsp3) is 0.278. The number of benzene rings is 3. The molecule has 3 atom stereocenters. The van der Waals surface area contributed by atoms with Crippen LogP contribution >= 0.6 is 11.3 Å². The molecule has 1 aliphatic heterocycles. The lowest BCUT2D eigenvalue weighted by molar-refractivity contribution is 0.0197. The van der Waals surface area contributed by atoms with Crippen LogP contribution in [0.4, 0.5) is 5.82 Å². The maximum absolute atomic E-state index is 12.7. The van der Waals surface area contributed by atoms with Gasteiger partial charge in [0, 0.05) is 5.56 Å². The molecule has 3 N–H and O–H groups in total. The Morgan fingerprint density at radius 3 is 2.32 bits per heavy atom. The number of hydrogen-bond acceptors (Lipinski definition) is 7. The second-order valence-electron chi connectivity index (χ2n) is 12.5. The number of rotatable bonds is 9. The Kier molecular flexibility index (Phi) is 7.72. The van der Waals surface area contributed by atoms with Crippen LogP contribution in [0.15, 0.2) is 108 Å². The lowest BCUT2D eigenvalue weighted by Crippen LogP contribution is -2.65. The SMILES string of the molecule is CC(C)(CC1=C[C@H](c2csc3c(N[C@H]4CCc5ccccc54)ncnc23)O[C@@H]1CO)[Si](O)(c1ccccc1)c1ccccc1. The zero-order valence-corrected chi connectivity index (χ0v) is 26.8. The fourth-order valence-corrected chi connectivity index (χ4v) is 11.8.